The summed E-state index contributed by atoms with van der Waals surface area (Å²) in [6, 6.07) is 9.07. The van der Waals surface area contributed by atoms with Crippen molar-refractivity contribution in [1.29, 1.82) is 0 Å². The van der Waals surface area contributed by atoms with Crippen LogP contribution in [0.15, 0.2) is 24.3 Å². The Morgan fingerprint density at radius 2 is 2.09 bits per heavy atom. The van der Waals surface area contributed by atoms with Gasteiger partial charge < -0.3 is 20.3 Å². The predicted octanol–water partition coefficient (Wildman–Crippen LogP) is 2.07. The number of hydrogen-bond donors (Lipinski definition) is 3. The molecule has 124 valence electrons. The van der Waals surface area contributed by atoms with E-state index in [1.165, 1.54) is 35.0 Å². The van der Waals surface area contributed by atoms with Crippen molar-refractivity contribution in [3.05, 3.63) is 35.5 Å². The number of aromatic nitrogens is 1. The Bertz CT molecular complexity index is 660. The second-order valence-corrected chi connectivity index (χ2v) is 7.14. The molecule has 2 aliphatic rings. The van der Waals surface area contributed by atoms with E-state index < -0.39 is 0 Å². The van der Waals surface area contributed by atoms with E-state index in [0.29, 0.717) is 12.6 Å². The standard InChI is InChI=1S/C19H27N3O/c23-15(13-22-9-3-4-10-22)12-20-14-7-8-19-17(11-14)16-5-1-2-6-18(16)21-19/h1-2,5-6,14-15,20-21,23H,3-4,7-13H2. The van der Waals surface area contributed by atoms with Gasteiger partial charge in [-0.25, -0.2) is 0 Å². The van der Waals surface area contributed by atoms with Gasteiger partial charge in [-0.15, -0.1) is 0 Å². The summed E-state index contributed by atoms with van der Waals surface area (Å²) in [6.45, 7) is 3.83. The van der Waals surface area contributed by atoms with Crippen molar-refractivity contribution in [3.63, 3.8) is 0 Å². The highest BCUT2D eigenvalue weighted by molar-refractivity contribution is 5.84. The summed E-state index contributed by atoms with van der Waals surface area (Å²) in [4.78, 5) is 5.95. The van der Waals surface area contributed by atoms with E-state index >= 15 is 0 Å². The van der Waals surface area contributed by atoms with Crippen molar-refractivity contribution in [1.82, 2.24) is 15.2 Å². The van der Waals surface area contributed by atoms with Gasteiger partial charge in [-0.1, -0.05) is 18.2 Å². The van der Waals surface area contributed by atoms with Crippen LogP contribution in [0.4, 0.5) is 0 Å². The molecule has 0 radical (unpaired) electrons. The number of nitrogens with one attached hydrogen (secondary N) is 2. The molecule has 23 heavy (non-hydrogen) atoms. The van der Waals surface area contributed by atoms with Crippen LogP contribution in [0.1, 0.15) is 30.5 Å². The van der Waals surface area contributed by atoms with Crippen molar-refractivity contribution in [2.45, 2.75) is 44.2 Å². The minimum Gasteiger partial charge on any atom is -0.390 e. The maximum absolute atomic E-state index is 10.3. The summed E-state index contributed by atoms with van der Waals surface area (Å²) in [5, 5.41) is 15.2. The lowest BCUT2D eigenvalue weighted by atomic mass is 9.91. The van der Waals surface area contributed by atoms with E-state index in [1.54, 1.807) is 0 Å². The minimum absolute atomic E-state index is 0.252. The average Bonchev–Trinajstić information content (AvgIpc) is 3.20. The average molecular weight is 313 g/mol. The number of para-hydroxylation sites is 1. The Labute approximate surface area is 137 Å². The van der Waals surface area contributed by atoms with Crippen molar-refractivity contribution in [2.24, 2.45) is 0 Å². The van der Waals surface area contributed by atoms with Crippen LogP contribution in [0, 0.1) is 0 Å². The Morgan fingerprint density at radius 1 is 1.26 bits per heavy atom. The predicted molar refractivity (Wildman–Crippen MR) is 93.8 cm³/mol. The van der Waals surface area contributed by atoms with Gasteiger partial charge in [-0.3, -0.25) is 0 Å². The lowest BCUT2D eigenvalue weighted by molar-refractivity contribution is 0.119. The number of nitrogens with zero attached hydrogens (tertiary/aromatic N) is 1. The molecule has 1 aromatic heterocycles. The quantitative estimate of drug-likeness (QED) is 0.792. The number of likely N-dealkylation sites (tertiary alicyclic amines) is 1. The summed E-state index contributed by atoms with van der Waals surface area (Å²) in [6.07, 6.45) is 5.63. The molecule has 2 atom stereocenters. The molecule has 4 nitrogen and oxygen atoms in total. The Balaban J connectivity index is 1.34. The topological polar surface area (TPSA) is 51.3 Å². The summed E-state index contributed by atoms with van der Waals surface area (Å²) < 4.78 is 0. The number of fused-ring (bicyclic) bond motifs is 3. The Hall–Kier alpha value is -1.36. The van der Waals surface area contributed by atoms with Gasteiger partial charge in [0.05, 0.1) is 6.10 Å². The lowest BCUT2D eigenvalue weighted by Crippen LogP contribution is -2.42. The van der Waals surface area contributed by atoms with Crippen LogP contribution in [0.25, 0.3) is 10.9 Å². The summed E-state index contributed by atoms with van der Waals surface area (Å²) in [7, 11) is 0. The number of aryl methyl sites for hydroxylation is 1. The number of rotatable bonds is 5. The molecule has 0 bridgehead atoms. The van der Waals surface area contributed by atoms with Gasteiger partial charge in [-0.05, 0) is 56.8 Å². The molecule has 1 fully saturated rings. The van der Waals surface area contributed by atoms with Gasteiger partial charge >= 0.3 is 0 Å². The number of aromatic amines is 1. The number of β-amino-alcohol motifs (C(OH)–C–C–N with tert-alkyl or cyclic N) is 1. The smallest absolute Gasteiger partial charge is 0.0791 e. The van der Waals surface area contributed by atoms with Gasteiger partial charge in [0.1, 0.15) is 0 Å². The minimum atomic E-state index is -0.252. The van der Waals surface area contributed by atoms with Crippen LogP contribution in [-0.4, -0.2) is 53.3 Å². The van der Waals surface area contributed by atoms with Gasteiger partial charge in [0.15, 0.2) is 0 Å². The third-order valence-electron chi connectivity index (χ3n) is 5.41. The first-order chi connectivity index (χ1) is 11.3. The molecular weight excluding hydrogens is 286 g/mol. The van der Waals surface area contributed by atoms with Gasteiger partial charge in [0.2, 0.25) is 0 Å². The van der Waals surface area contributed by atoms with Crippen molar-refractivity contribution in [2.75, 3.05) is 26.2 Å². The zero-order valence-corrected chi connectivity index (χ0v) is 13.7. The first-order valence-corrected chi connectivity index (χ1v) is 9.02. The lowest BCUT2D eigenvalue weighted by Gasteiger charge is -2.26. The van der Waals surface area contributed by atoms with Crippen molar-refractivity contribution in [3.8, 4) is 0 Å². The SMILES string of the molecule is OC(CNC1CCc2[nH]c3ccccc3c2C1)CN1CCCC1. The zero-order valence-electron chi connectivity index (χ0n) is 13.7. The molecule has 1 aromatic carbocycles. The fourth-order valence-electron chi connectivity index (χ4n) is 4.17. The van der Waals surface area contributed by atoms with Crippen LogP contribution < -0.4 is 5.32 Å². The molecule has 4 heteroatoms. The highest BCUT2D eigenvalue weighted by Gasteiger charge is 2.23. The number of benzene rings is 1. The van der Waals surface area contributed by atoms with Gasteiger partial charge in [0, 0.05) is 35.7 Å². The van der Waals surface area contributed by atoms with Gasteiger partial charge in [-0.2, -0.15) is 0 Å². The third kappa shape index (κ3) is 3.30. The number of aliphatic hydroxyl groups is 1. The van der Waals surface area contributed by atoms with Gasteiger partial charge in [0.25, 0.3) is 0 Å². The number of H-pyrrole nitrogens is 1. The largest absolute Gasteiger partial charge is 0.390 e. The van der Waals surface area contributed by atoms with Crippen LogP contribution in [0.5, 0.6) is 0 Å². The molecule has 1 aliphatic carbocycles. The molecular formula is C19H27N3O. The number of hydrogen-bond acceptors (Lipinski definition) is 3. The zero-order chi connectivity index (χ0) is 15.6. The number of aliphatic hydroxyl groups excluding tert-OH is 1. The Kier molecular flexibility index (Phi) is 4.38. The highest BCUT2D eigenvalue weighted by Crippen LogP contribution is 2.29. The van der Waals surface area contributed by atoms with E-state index in [4.69, 9.17) is 0 Å². The van der Waals surface area contributed by atoms with Crippen molar-refractivity contribution < 1.29 is 5.11 Å². The molecule has 1 saturated heterocycles. The van der Waals surface area contributed by atoms with Crippen LogP contribution in [0.3, 0.4) is 0 Å². The maximum Gasteiger partial charge on any atom is 0.0791 e. The molecule has 0 saturated carbocycles. The summed E-state index contributed by atoms with van der Waals surface area (Å²) in [5.74, 6) is 0. The summed E-state index contributed by atoms with van der Waals surface area (Å²) in [5.41, 5.74) is 4.13. The van der Waals surface area contributed by atoms with Crippen LogP contribution >= 0.6 is 0 Å². The van der Waals surface area contributed by atoms with E-state index in [9.17, 15) is 5.11 Å². The van der Waals surface area contributed by atoms with Crippen LogP contribution in [-0.2, 0) is 12.8 Å². The fraction of sp³-hybridized carbons (Fsp3) is 0.579. The van der Waals surface area contributed by atoms with E-state index in [2.05, 4.69) is 39.5 Å². The first kappa shape index (κ1) is 15.2. The Morgan fingerprint density at radius 3 is 2.96 bits per heavy atom. The summed E-state index contributed by atoms with van der Waals surface area (Å²) >= 11 is 0. The van der Waals surface area contributed by atoms with E-state index in [1.807, 2.05) is 0 Å². The fourth-order valence-corrected chi connectivity index (χ4v) is 4.17. The second-order valence-electron chi connectivity index (χ2n) is 7.14. The molecule has 2 aromatic rings. The molecule has 4 rings (SSSR count). The molecule has 0 amide bonds. The molecule has 1 aliphatic heterocycles. The maximum atomic E-state index is 10.3. The molecule has 0 spiro atoms. The molecule has 2 heterocycles. The second kappa shape index (κ2) is 6.63. The molecule has 3 N–H and O–H groups in total. The monoisotopic (exact) mass is 313 g/mol. The third-order valence-corrected chi connectivity index (χ3v) is 5.41. The first-order valence-electron chi connectivity index (χ1n) is 9.02. The molecule has 2 unspecified atom stereocenters. The normalized spacial score (nSPS) is 23.3. The van der Waals surface area contributed by atoms with E-state index in [-0.39, 0.29) is 6.10 Å². The highest BCUT2D eigenvalue weighted by atomic mass is 16.3. The van der Waals surface area contributed by atoms with Crippen LogP contribution in [0.2, 0.25) is 0 Å². The van der Waals surface area contributed by atoms with Crippen molar-refractivity contribution >= 4 is 10.9 Å². The van der Waals surface area contributed by atoms with E-state index in [0.717, 1.165) is 38.9 Å².